The van der Waals surface area contributed by atoms with Crippen molar-refractivity contribution in [1.29, 1.82) is 0 Å². The summed E-state index contributed by atoms with van der Waals surface area (Å²) >= 11 is 0. The lowest BCUT2D eigenvalue weighted by molar-refractivity contribution is -0.274. The molecule has 2 amide bonds. The Hall–Kier alpha value is -4.03. The van der Waals surface area contributed by atoms with Crippen LogP contribution < -0.4 is 15.4 Å². The largest absolute Gasteiger partial charge is 0.573 e. The molecule has 0 saturated heterocycles. The molecule has 13 heteroatoms. The van der Waals surface area contributed by atoms with Gasteiger partial charge in [-0.15, -0.1) is 13.2 Å². The number of carbonyl (C=O) groups is 2. The fourth-order valence-electron chi connectivity index (χ4n) is 2.91. The molecule has 0 radical (unpaired) electrons. The molecule has 0 unspecified atom stereocenters. The Labute approximate surface area is 188 Å². The molecule has 7 nitrogen and oxygen atoms in total. The van der Waals surface area contributed by atoms with Gasteiger partial charge in [-0.1, -0.05) is 18.2 Å². The van der Waals surface area contributed by atoms with E-state index in [2.05, 4.69) is 20.5 Å². The molecule has 0 aliphatic carbocycles. The zero-order valence-electron chi connectivity index (χ0n) is 17.1. The molecule has 0 saturated carbocycles. The van der Waals surface area contributed by atoms with Crippen molar-refractivity contribution < 1.29 is 40.7 Å². The van der Waals surface area contributed by atoms with Crippen LogP contribution in [0.25, 0.3) is 5.69 Å². The molecule has 0 fully saturated rings. The van der Waals surface area contributed by atoms with Crippen molar-refractivity contribution in [2.24, 2.45) is 0 Å². The highest BCUT2D eigenvalue weighted by atomic mass is 19.4. The average Bonchev–Trinajstić information content (AvgIpc) is 3.22. The highest BCUT2D eigenvalue weighted by Gasteiger charge is 2.40. The van der Waals surface area contributed by atoms with Gasteiger partial charge in [-0.2, -0.15) is 18.3 Å². The number of amides is 2. The second-order valence-corrected chi connectivity index (χ2v) is 6.74. The van der Waals surface area contributed by atoms with Gasteiger partial charge >= 0.3 is 12.5 Å². The Morgan fingerprint density at radius 2 is 1.44 bits per heavy atom. The SMILES string of the molecule is O=C(NCCNC(=O)c1cnn(-c2ccccc2)c1C(F)(F)F)c1ccc(OC(F)(F)F)cc1. The number of benzene rings is 2. The first kappa shape index (κ1) is 24.6. The van der Waals surface area contributed by atoms with Gasteiger partial charge in [-0.05, 0) is 36.4 Å². The van der Waals surface area contributed by atoms with Crippen molar-refractivity contribution in [1.82, 2.24) is 20.4 Å². The summed E-state index contributed by atoms with van der Waals surface area (Å²) in [5, 5.41) is 8.34. The first-order valence-corrected chi connectivity index (χ1v) is 9.58. The molecule has 0 aliphatic heterocycles. The fraction of sp³-hybridized carbons (Fsp3) is 0.190. The third-order valence-electron chi connectivity index (χ3n) is 4.33. The highest BCUT2D eigenvalue weighted by Crippen LogP contribution is 2.33. The van der Waals surface area contributed by atoms with E-state index in [0.29, 0.717) is 4.68 Å². The lowest BCUT2D eigenvalue weighted by Crippen LogP contribution is -2.35. The predicted molar refractivity (Wildman–Crippen MR) is 106 cm³/mol. The van der Waals surface area contributed by atoms with Crippen molar-refractivity contribution in [2.45, 2.75) is 12.5 Å². The van der Waals surface area contributed by atoms with Crippen LogP contribution in [0.15, 0.2) is 60.8 Å². The van der Waals surface area contributed by atoms with Gasteiger partial charge in [0.15, 0.2) is 5.69 Å². The summed E-state index contributed by atoms with van der Waals surface area (Å²) in [7, 11) is 0. The van der Waals surface area contributed by atoms with Gasteiger partial charge in [0.1, 0.15) is 5.75 Å². The number of aromatic nitrogens is 2. The van der Waals surface area contributed by atoms with Gasteiger partial charge in [0.25, 0.3) is 11.8 Å². The molecule has 3 rings (SSSR count). The first-order chi connectivity index (χ1) is 16.0. The molecule has 3 aromatic rings. The lowest BCUT2D eigenvalue weighted by Gasteiger charge is -2.13. The second kappa shape index (κ2) is 9.85. The van der Waals surface area contributed by atoms with Gasteiger partial charge in [0.2, 0.25) is 0 Å². The van der Waals surface area contributed by atoms with Crippen LogP contribution in [0.2, 0.25) is 0 Å². The zero-order chi connectivity index (χ0) is 24.9. The van der Waals surface area contributed by atoms with Gasteiger partial charge in [0, 0.05) is 18.7 Å². The van der Waals surface area contributed by atoms with Crippen molar-refractivity contribution in [2.75, 3.05) is 13.1 Å². The van der Waals surface area contributed by atoms with E-state index in [9.17, 15) is 35.9 Å². The van der Waals surface area contributed by atoms with Gasteiger partial charge in [-0.3, -0.25) is 9.59 Å². The molecule has 1 heterocycles. The van der Waals surface area contributed by atoms with Crippen LogP contribution >= 0.6 is 0 Å². The second-order valence-electron chi connectivity index (χ2n) is 6.74. The molecule has 0 aliphatic rings. The third kappa shape index (κ3) is 6.27. The van der Waals surface area contributed by atoms with Crippen LogP contribution in [0.3, 0.4) is 0 Å². The number of nitrogens with zero attached hydrogens (tertiary/aromatic N) is 2. The van der Waals surface area contributed by atoms with Crippen molar-refractivity contribution in [3.63, 3.8) is 0 Å². The van der Waals surface area contributed by atoms with E-state index < -0.39 is 41.4 Å². The maximum absolute atomic E-state index is 13.6. The molecule has 34 heavy (non-hydrogen) atoms. The average molecular weight is 486 g/mol. The summed E-state index contributed by atoms with van der Waals surface area (Å²) < 4.78 is 81.7. The monoisotopic (exact) mass is 486 g/mol. The van der Waals surface area contributed by atoms with Gasteiger partial charge in [-0.25, -0.2) is 4.68 Å². The number of nitrogens with one attached hydrogen (secondary N) is 2. The summed E-state index contributed by atoms with van der Waals surface area (Å²) in [5.74, 6) is -2.22. The third-order valence-corrected chi connectivity index (χ3v) is 4.33. The predicted octanol–water partition coefficient (Wildman–Crippen LogP) is 3.95. The molecular formula is C21H16F6N4O3. The minimum Gasteiger partial charge on any atom is -0.406 e. The number of halogens is 6. The van der Waals surface area contributed by atoms with E-state index in [1.165, 1.54) is 24.3 Å². The van der Waals surface area contributed by atoms with Gasteiger partial charge < -0.3 is 15.4 Å². The number of rotatable bonds is 7. The smallest absolute Gasteiger partial charge is 0.406 e. The number of carbonyl (C=O) groups excluding carboxylic acids is 2. The zero-order valence-corrected chi connectivity index (χ0v) is 17.1. The summed E-state index contributed by atoms with van der Waals surface area (Å²) in [6, 6.07) is 11.6. The van der Waals surface area contributed by atoms with Crippen molar-refractivity contribution >= 4 is 11.8 Å². The Kier molecular flexibility index (Phi) is 7.13. The Morgan fingerprint density at radius 1 is 0.853 bits per heavy atom. The van der Waals surface area contributed by atoms with E-state index in [0.717, 1.165) is 30.5 Å². The van der Waals surface area contributed by atoms with E-state index in [1.54, 1.807) is 6.07 Å². The summed E-state index contributed by atoms with van der Waals surface area (Å²) in [6.07, 6.45) is -8.94. The number of hydrogen-bond acceptors (Lipinski definition) is 4. The summed E-state index contributed by atoms with van der Waals surface area (Å²) in [5.41, 5.74) is -1.80. The molecule has 2 N–H and O–H groups in total. The number of para-hydroxylation sites is 1. The van der Waals surface area contributed by atoms with E-state index >= 15 is 0 Å². The quantitative estimate of drug-likeness (QED) is 0.391. The molecule has 0 bridgehead atoms. The number of hydrogen-bond donors (Lipinski definition) is 2. The van der Waals surface area contributed by atoms with E-state index in [-0.39, 0.29) is 24.3 Å². The topological polar surface area (TPSA) is 85.3 Å². The molecule has 0 atom stereocenters. The van der Waals surface area contributed by atoms with E-state index in [1.807, 2.05) is 0 Å². The molecule has 180 valence electrons. The standard InChI is InChI=1S/C21H16F6N4O3/c22-20(23,24)17-16(12-30-31(17)14-4-2-1-3-5-14)19(33)29-11-10-28-18(32)13-6-8-15(9-7-13)34-21(25,26)27/h1-9,12H,10-11H2,(H,28,32)(H,29,33). The molecular weight excluding hydrogens is 470 g/mol. The Bertz CT molecular complexity index is 1140. The summed E-state index contributed by atoms with van der Waals surface area (Å²) in [6.45, 7) is -0.368. The van der Waals surface area contributed by atoms with Crippen LogP contribution in [0.4, 0.5) is 26.3 Å². The first-order valence-electron chi connectivity index (χ1n) is 9.58. The highest BCUT2D eigenvalue weighted by molar-refractivity contribution is 5.96. The van der Waals surface area contributed by atoms with Crippen LogP contribution in [0.1, 0.15) is 26.4 Å². The van der Waals surface area contributed by atoms with Crippen LogP contribution in [0.5, 0.6) is 5.75 Å². The van der Waals surface area contributed by atoms with Crippen LogP contribution in [-0.4, -0.2) is 41.0 Å². The van der Waals surface area contributed by atoms with Crippen molar-refractivity contribution in [3.05, 3.63) is 77.6 Å². The minimum absolute atomic E-state index is 0.0179. The maximum atomic E-state index is 13.6. The molecule has 1 aromatic heterocycles. The summed E-state index contributed by atoms with van der Waals surface area (Å²) in [4.78, 5) is 24.4. The normalized spacial score (nSPS) is 11.7. The number of alkyl halides is 6. The Balaban J connectivity index is 1.58. The van der Waals surface area contributed by atoms with E-state index in [4.69, 9.17) is 0 Å². The van der Waals surface area contributed by atoms with Crippen molar-refractivity contribution in [3.8, 4) is 11.4 Å². The van der Waals surface area contributed by atoms with Crippen LogP contribution in [0, 0.1) is 0 Å². The van der Waals surface area contributed by atoms with Gasteiger partial charge in [0.05, 0.1) is 17.4 Å². The van der Waals surface area contributed by atoms with Crippen LogP contribution in [-0.2, 0) is 6.18 Å². The fourth-order valence-corrected chi connectivity index (χ4v) is 2.91. The maximum Gasteiger partial charge on any atom is 0.573 e. The minimum atomic E-state index is -4.87. The molecule has 0 spiro atoms. The molecule has 2 aromatic carbocycles. The Morgan fingerprint density at radius 3 is 2.00 bits per heavy atom. The number of ether oxygens (including phenoxy) is 1. The lowest BCUT2D eigenvalue weighted by atomic mass is 10.2.